The van der Waals surface area contributed by atoms with Crippen molar-refractivity contribution in [1.82, 2.24) is 9.97 Å². The molecule has 15 heavy (non-hydrogen) atoms. The highest BCUT2D eigenvalue weighted by molar-refractivity contribution is 14.1. The fourth-order valence-corrected chi connectivity index (χ4v) is 1.57. The van der Waals surface area contributed by atoms with Crippen molar-refractivity contribution in [3.8, 4) is 0 Å². The van der Waals surface area contributed by atoms with Gasteiger partial charge in [0, 0.05) is 12.6 Å². The Morgan fingerprint density at radius 1 is 1.27 bits per heavy atom. The Kier molecular flexibility index (Phi) is 3.15. The maximum Gasteiger partial charge on any atom is 0.264 e. The van der Waals surface area contributed by atoms with E-state index < -0.39 is 0 Å². The topological polar surface area (TPSA) is 45.8 Å². The number of hydrogen-bond donors (Lipinski definition) is 1. The van der Waals surface area contributed by atoms with Gasteiger partial charge in [0.15, 0.2) is 0 Å². The van der Waals surface area contributed by atoms with Crippen LogP contribution in [0.15, 0.2) is 41.3 Å². The summed E-state index contributed by atoms with van der Waals surface area (Å²) in [6.45, 7) is 0. The molecule has 2 rings (SSSR count). The molecule has 2 aromatic rings. The van der Waals surface area contributed by atoms with Gasteiger partial charge >= 0.3 is 0 Å². The summed E-state index contributed by atoms with van der Waals surface area (Å²) in [6, 6.07) is 9.93. The quantitative estimate of drug-likeness (QED) is 0.862. The van der Waals surface area contributed by atoms with Crippen LogP contribution >= 0.6 is 22.6 Å². The second kappa shape index (κ2) is 4.57. The van der Waals surface area contributed by atoms with Gasteiger partial charge < -0.3 is 4.98 Å². The number of nitrogens with zero attached hydrogens (tertiary/aromatic N) is 1. The molecule has 0 fully saturated rings. The lowest BCUT2D eigenvalue weighted by Crippen LogP contribution is -2.13. The molecule has 0 unspecified atom stereocenters. The molecule has 0 spiro atoms. The SMILES string of the molecule is O=c1[nH]c(Cc2ccccc2)ncc1I. The lowest BCUT2D eigenvalue weighted by molar-refractivity contribution is 0.937. The molecule has 0 aliphatic heterocycles. The van der Waals surface area contributed by atoms with Gasteiger partial charge in [-0.3, -0.25) is 4.79 Å². The fraction of sp³-hybridized carbons (Fsp3) is 0.0909. The number of H-pyrrole nitrogens is 1. The van der Waals surface area contributed by atoms with Gasteiger partial charge in [0.1, 0.15) is 5.82 Å². The summed E-state index contributed by atoms with van der Waals surface area (Å²) in [5.74, 6) is 0.701. The summed E-state index contributed by atoms with van der Waals surface area (Å²) in [6.07, 6.45) is 2.25. The first-order valence-corrected chi connectivity index (χ1v) is 5.61. The van der Waals surface area contributed by atoms with Gasteiger partial charge in [-0.1, -0.05) is 30.3 Å². The van der Waals surface area contributed by atoms with Gasteiger partial charge in [0.25, 0.3) is 5.56 Å². The fourth-order valence-electron chi connectivity index (χ4n) is 1.30. The second-order valence-corrected chi connectivity index (χ2v) is 4.33. The first-order valence-electron chi connectivity index (χ1n) is 4.53. The minimum Gasteiger partial charge on any atom is -0.309 e. The number of nitrogens with one attached hydrogen (secondary N) is 1. The molecule has 0 bridgehead atoms. The van der Waals surface area contributed by atoms with Crippen LogP contribution in [0.25, 0.3) is 0 Å². The molecule has 1 aromatic carbocycles. The number of aromatic amines is 1. The van der Waals surface area contributed by atoms with E-state index in [2.05, 4.69) is 9.97 Å². The van der Waals surface area contributed by atoms with Gasteiger partial charge in [-0.2, -0.15) is 0 Å². The van der Waals surface area contributed by atoms with Crippen LogP contribution in [0.5, 0.6) is 0 Å². The van der Waals surface area contributed by atoms with E-state index in [1.807, 2.05) is 52.9 Å². The van der Waals surface area contributed by atoms with Crippen LogP contribution in [-0.2, 0) is 6.42 Å². The summed E-state index contributed by atoms with van der Waals surface area (Å²) in [7, 11) is 0. The molecule has 0 saturated carbocycles. The number of hydrogen-bond acceptors (Lipinski definition) is 2. The minimum atomic E-state index is -0.0727. The summed E-state index contributed by atoms with van der Waals surface area (Å²) in [5.41, 5.74) is 1.07. The average molecular weight is 312 g/mol. The molecule has 3 nitrogen and oxygen atoms in total. The zero-order valence-corrected chi connectivity index (χ0v) is 10.1. The van der Waals surface area contributed by atoms with E-state index in [4.69, 9.17) is 0 Å². The lowest BCUT2D eigenvalue weighted by Gasteiger charge is -2.00. The van der Waals surface area contributed by atoms with Crippen molar-refractivity contribution >= 4 is 22.6 Å². The highest BCUT2D eigenvalue weighted by Gasteiger charge is 2.00. The van der Waals surface area contributed by atoms with E-state index >= 15 is 0 Å². The van der Waals surface area contributed by atoms with Crippen LogP contribution in [0.2, 0.25) is 0 Å². The summed E-state index contributed by atoms with van der Waals surface area (Å²) >= 11 is 1.97. The zero-order valence-electron chi connectivity index (χ0n) is 7.90. The molecule has 1 aromatic heterocycles. The maximum atomic E-state index is 11.3. The van der Waals surface area contributed by atoms with E-state index in [0.29, 0.717) is 15.8 Å². The molecular formula is C11H9IN2O. The Morgan fingerprint density at radius 3 is 2.67 bits per heavy atom. The summed E-state index contributed by atoms with van der Waals surface area (Å²) in [4.78, 5) is 18.2. The molecule has 4 heteroatoms. The third-order valence-electron chi connectivity index (χ3n) is 2.02. The number of benzene rings is 1. The Bertz CT molecular complexity index is 507. The maximum absolute atomic E-state index is 11.3. The van der Waals surface area contributed by atoms with Crippen molar-refractivity contribution in [1.29, 1.82) is 0 Å². The van der Waals surface area contributed by atoms with Crippen molar-refractivity contribution in [3.63, 3.8) is 0 Å². The Labute approximate surface area is 101 Å². The van der Waals surface area contributed by atoms with Crippen LogP contribution < -0.4 is 5.56 Å². The third-order valence-corrected chi connectivity index (χ3v) is 2.79. The van der Waals surface area contributed by atoms with Crippen LogP contribution in [-0.4, -0.2) is 9.97 Å². The number of aromatic nitrogens is 2. The number of rotatable bonds is 2. The zero-order chi connectivity index (χ0) is 10.7. The van der Waals surface area contributed by atoms with E-state index in [0.717, 1.165) is 5.56 Å². The van der Waals surface area contributed by atoms with Crippen LogP contribution in [0.4, 0.5) is 0 Å². The second-order valence-electron chi connectivity index (χ2n) is 3.17. The highest BCUT2D eigenvalue weighted by Crippen LogP contribution is 2.04. The van der Waals surface area contributed by atoms with E-state index in [-0.39, 0.29) is 5.56 Å². The molecule has 1 heterocycles. The highest BCUT2D eigenvalue weighted by atomic mass is 127. The normalized spacial score (nSPS) is 10.2. The Morgan fingerprint density at radius 2 is 2.00 bits per heavy atom. The lowest BCUT2D eigenvalue weighted by atomic mass is 10.1. The van der Waals surface area contributed by atoms with E-state index in [9.17, 15) is 4.79 Å². The van der Waals surface area contributed by atoms with Gasteiger partial charge in [-0.15, -0.1) is 0 Å². The van der Waals surface area contributed by atoms with Gasteiger partial charge in [-0.25, -0.2) is 4.98 Å². The number of halogens is 1. The van der Waals surface area contributed by atoms with E-state index in [1.165, 1.54) is 0 Å². The van der Waals surface area contributed by atoms with Gasteiger partial charge in [-0.05, 0) is 28.2 Å². The van der Waals surface area contributed by atoms with Gasteiger partial charge in [0.2, 0.25) is 0 Å². The summed E-state index contributed by atoms with van der Waals surface area (Å²) in [5, 5.41) is 0. The Balaban J connectivity index is 2.26. The molecule has 0 atom stereocenters. The smallest absolute Gasteiger partial charge is 0.264 e. The summed E-state index contributed by atoms with van der Waals surface area (Å²) < 4.78 is 0.615. The van der Waals surface area contributed by atoms with Crippen LogP contribution in [0, 0.1) is 3.57 Å². The van der Waals surface area contributed by atoms with Crippen molar-refractivity contribution in [2.75, 3.05) is 0 Å². The molecule has 0 aliphatic carbocycles. The Hall–Kier alpha value is -1.17. The molecule has 1 N–H and O–H groups in total. The third kappa shape index (κ3) is 2.65. The molecule has 0 radical (unpaired) electrons. The monoisotopic (exact) mass is 312 g/mol. The standard InChI is InChI=1S/C11H9IN2O/c12-9-7-13-10(14-11(9)15)6-8-4-2-1-3-5-8/h1-5,7H,6H2,(H,13,14,15). The largest absolute Gasteiger partial charge is 0.309 e. The van der Waals surface area contributed by atoms with Crippen LogP contribution in [0.3, 0.4) is 0 Å². The van der Waals surface area contributed by atoms with Crippen molar-refractivity contribution in [2.45, 2.75) is 6.42 Å². The molecule has 0 amide bonds. The van der Waals surface area contributed by atoms with Crippen molar-refractivity contribution in [3.05, 3.63) is 61.8 Å². The van der Waals surface area contributed by atoms with Crippen LogP contribution in [0.1, 0.15) is 11.4 Å². The van der Waals surface area contributed by atoms with Crippen molar-refractivity contribution < 1.29 is 0 Å². The molecule has 0 aliphatic rings. The molecule has 0 saturated heterocycles. The average Bonchev–Trinajstić information content (AvgIpc) is 2.25. The van der Waals surface area contributed by atoms with Crippen molar-refractivity contribution in [2.24, 2.45) is 0 Å². The molecular weight excluding hydrogens is 303 g/mol. The first kappa shape index (κ1) is 10.4. The minimum absolute atomic E-state index is 0.0727. The first-order chi connectivity index (χ1) is 7.25. The van der Waals surface area contributed by atoms with E-state index in [1.54, 1.807) is 6.20 Å². The molecule has 76 valence electrons. The van der Waals surface area contributed by atoms with Gasteiger partial charge in [0.05, 0.1) is 3.57 Å². The predicted molar refractivity (Wildman–Crippen MR) is 66.8 cm³/mol. The predicted octanol–water partition coefficient (Wildman–Crippen LogP) is 1.97.